The summed E-state index contributed by atoms with van der Waals surface area (Å²) in [6.07, 6.45) is 20.1. The molecule has 0 fully saturated rings. The molecule has 0 bridgehead atoms. The molecule has 0 aromatic rings. The van der Waals surface area contributed by atoms with Crippen molar-refractivity contribution in [2.75, 3.05) is 59.5 Å². The number of rotatable bonds is 28. The second-order valence-corrected chi connectivity index (χ2v) is 8.62. The molecule has 0 saturated heterocycles. The normalized spacial score (nSPS) is 12.5. The van der Waals surface area contributed by atoms with E-state index in [9.17, 15) is 0 Å². The van der Waals surface area contributed by atoms with Crippen LogP contribution in [0.5, 0.6) is 0 Å². The standard InChI is InChI=1S/C26H54O6/c1-2-3-4-5-6-7-8-9-10-11-12-13-14-15-16-26(32-20-18-28)25-31-24-23-30-22-21-29-19-17-27/h26-28H,2-25H2,1H3. The predicted octanol–water partition coefficient (Wildman–Crippen LogP) is 5.28. The van der Waals surface area contributed by atoms with Crippen LogP contribution in [0, 0.1) is 0 Å². The fraction of sp³-hybridized carbons (Fsp3) is 1.00. The highest BCUT2D eigenvalue weighted by molar-refractivity contribution is 4.59. The van der Waals surface area contributed by atoms with Crippen LogP contribution in [0.1, 0.15) is 103 Å². The average Bonchev–Trinajstić information content (AvgIpc) is 2.81. The second-order valence-electron chi connectivity index (χ2n) is 8.62. The van der Waals surface area contributed by atoms with Gasteiger partial charge in [-0.3, -0.25) is 0 Å². The minimum atomic E-state index is 0.0393. The number of hydrogen-bond donors (Lipinski definition) is 2. The number of hydrogen-bond acceptors (Lipinski definition) is 6. The third-order valence-corrected chi connectivity index (χ3v) is 5.61. The Bertz CT molecular complexity index is 329. The Labute approximate surface area is 198 Å². The van der Waals surface area contributed by atoms with Crippen molar-refractivity contribution >= 4 is 0 Å². The van der Waals surface area contributed by atoms with E-state index in [4.69, 9.17) is 29.2 Å². The molecule has 0 aliphatic rings. The first kappa shape index (κ1) is 31.8. The van der Waals surface area contributed by atoms with Crippen molar-refractivity contribution in [1.82, 2.24) is 0 Å². The number of aliphatic hydroxyl groups excluding tert-OH is 2. The SMILES string of the molecule is CCCCCCCCCCCCCCCCC(COCCOCCOCCO)OCCO. The van der Waals surface area contributed by atoms with Crippen molar-refractivity contribution in [2.24, 2.45) is 0 Å². The van der Waals surface area contributed by atoms with Gasteiger partial charge in [-0.2, -0.15) is 0 Å². The van der Waals surface area contributed by atoms with E-state index in [1.807, 2.05) is 0 Å². The van der Waals surface area contributed by atoms with Crippen LogP contribution in [-0.2, 0) is 18.9 Å². The zero-order valence-electron chi connectivity index (χ0n) is 21.1. The molecule has 6 nitrogen and oxygen atoms in total. The molecule has 194 valence electrons. The minimum Gasteiger partial charge on any atom is -0.394 e. The fourth-order valence-corrected chi connectivity index (χ4v) is 3.72. The predicted molar refractivity (Wildman–Crippen MR) is 131 cm³/mol. The summed E-state index contributed by atoms with van der Waals surface area (Å²) in [5.74, 6) is 0. The zero-order valence-corrected chi connectivity index (χ0v) is 21.1. The van der Waals surface area contributed by atoms with E-state index in [2.05, 4.69) is 6.92 Å². The smallest absolute Gasteiger partial charge is 0.0809 e. The highest BCUT2D eigenvalue weighted by Gasteiger charge is 2.09. The Morgan fingerprint density at radius 3 is 1.44 bits per heavy atom. The van der Waals surface area contributed by atoms with Crippen molar-refractivity contribution in [1.29, 1.82) is 0 Å². The summed E-state index contributed by atoms with van der Waals surface area (Å²) < 4.78 is 21.9. The number of unbranched alkanes of at least 4 members (excludes halogenated alkanes) is 13. The molecule has 2 N–H and O–H groups in total. The molecule has 0 radical (unpaired) electrons. The first-order chi connectivity index (χ1) is 15.8. The molecule has 0 saturated carbocycles. The molecule has 1 unspecified atom stereocenters. The van der Waals surface area contributed by atoms with Gasteiger partial charge in [0.25, 0.3) is 0 Å². The summed E-state index contributed by atoms with van der Waals surface area (Å²) in [5.41, 5.74) is 0. The van der Waals surface area contributed by atoms with Gasteiger partial charge in [-0.1, -0.05) is 96.8 Å². The topological polar surface area (TPSA) is 77.4 Å². The van der Waals surface area contributed by atoms with Crippen LogP contribution < -0.4 is 0 Å². The van der Waals surface area contributed by atoms with Gasteiger partial charge in [0.1, 0.15) is 0 Å². The molecule has 0 rings (SSSR count). The van der Waals surface area contributed by atoms with E-state index in [-0.39, 0.29) is 19.3 Å². The van der Waals surface area contributed by atoms with Crippen molar-refractivity contribution in [3.63, 3.8) is 0 Å². The molecule has 0 amide bonds. The van der Waals surface area contributed by atoms with E-state index in [1.54, 1.807) is 0 Å². The molecule has 0 spiro atoms. The molecule has 0 aliphatic heterocycles. The zero-order chi connectivity index (χ0) is 23.4. The van der Waals surface area contributed by atoms with Gasteiger partial charge in [0.05, 0.1) is 65.6 Å². The van der Waals surface area contributed by atoms with Crippen LogP contribution in [0.2, 0.25) is 0 Å². The van der Waals surface area contributed by atoms with E-state index >= 15 is 0 Å². The van der Waals surface area contributed by atoms with Crippen LogP contribution in [-0.4, -0.2) is 75.8 Å². The Balaban J connectivity index is 3.47. The lowest BCUT2D eigenvalue weighted by atomic mass is 10.0. The van der Waals surface area contributed by atoms with Crippen molar-refractivity contribution in [2.45, 2.75) is 109 Å². The molecular formula is C26H54O6. The number of ether oxygens (including phenoxy) is 4. The van der Waals surface area contributed by atoms with Gasteiger partial charge < -0.3 is 29.2 Å². The lowest BCUT2D eigenvalue weighted by molar-refractivity contribution is -0.0471. The summed E-state index contributed by atoms with van der Waals surface area (Å²) in [5, 5.41) is 17.6. The van der Waals surface area contributed by atoms with Crippen LogP contribution in [0.25, 0.3) is 0 Å². The van der Waals surface area contributed by atoms with Gasteiger partial charge in [0.2, 0.25) is 0 Å². The molecular weight excluding hydrogens is 408 g/mol. The van der Waals surface area contributed by atoms with E-state index in [1.165, 1.54) is 83.5 Å². The van der Waals surface area contributed by atoms with Gasteiger partial charge in [0, 0.05) is 0 Å². The third kappa shape index (κ3) is 26.0. The lowest BCUT2D eigenvalue weighted by Crippen LogP contribution is -2.23. The number of aliphatic hydroxyl groups is 2. The third-order valence-electron chi connectivity index (χ3n) is 5.61. The summed E-state index contributed by atoms with van der Waals surface area (Å²) in [6, 6.07) is 0. The molecule has 0 aromatic carbocycles. The molecule has 0 aliphatic carbocycles. The highest BCUT2D eigenvalue weighted by Crippen LogP contribution is 2.14. The minimum absolute atomic E-state index is 0.0393. The van der Waals surface area contributed by atoms with E-state index in [0.29, 0.717) is 46.2 Å². The monoisotopic (exact) mass is 462 g/mol. The Hall–Kier alpha value is -0.240. The van der Waals surface area contributed by atoms with Crippen LogP contribution in [0.4, 0.5) is 0 Å². The Morgan fingerprint density at radius 1 is 0.500 bits per heavy atom. The quantitative estimate of drug-likeness (QED) is 0.154. The maximum Gasteiger partial charge on any atom is 0.0809 e. The van der Waals surface area contributed by atoms with Crippen LogP contribution in [0.15, 0.2) is 0 Å². The van der Waals surface area contributed by atoms with Crippen LogP contribution >= 0.6 is 0 Å². The van der Waals surface area contributed by atoms with Gasteiger partial charge in [-0.15, -0.1) is 0 Å². The summed E-state index contributed by atoms with van der Waals surface area (Å²) >= 11 is 0. The molecule has 0 heterocycles. The second kappa shape index (κ2) is 28.8. The van der Waals surface area contributed by atoms with Gasteiger partial charge >= 0.3 is 0 Å². The molecule has 0 aromatic heterocycles. The fourth-order valence-electron chi connectivity index (χ4n) is 3.72. The Morgan fingerprint density at radius 2 is 0.938 bits per heavy atom. The largest absolute Gasteiger partial charge is 0.394 e. The van der Waals surface area contributed by atoms with Crippen molar-refractivity contribution < 1.29 is 29.2 Å². The maximum absolute atomic E-state index is 9.03. The van der Waals surface area contributed by atoms with E-state index in [0.717, 1.165) is 12.8 Å². The van der Waals surface area contributed by atoms with Crippen LogP contribution in [0.3, 0.4) is 0 Å². The van der Waals surface area contributed by atoms with E-state index < -0.39 is 0 Å². The lowest BCUT2D eigenvalue weighted by Gasteiger charge is -2.17. The summed E-state index contributed by atoms with van der Waals surface area (Å²) in [6.45, 7) is 5.67. The summed E-state index contributed by atoms with van der Waals surface area (Å²) in [4.78, 5) is 0. The van der Waals surface area contributed by atoms with Crippen molar-refractivity contribution in [3.05, 3.63) is 0 Å². The van der Waals surface area contributed by atoms with Crippen molar-refractivity contribution in [3.8, 4) is 0 Å². The van der Waals surface area contributed by atoms with Gasteiger partial charge in [-0.25, -0.2) is 0 Å². The average molecular weight is 463 g/mol. The van der Waals surface area contributed by atoms with Gasteiger partial charge in [-0.05, 0) is 6.42 Å². The Kier molecular flexibility index (Phi) is 28.6. The highest BCUT2D eigenvalue weighted by atomic mass is 16.6. The molecule has 6 heteroatoms. The van der Waals surface area contributed by atoms with Gasteiger partial charge in [0.15, 0.2) is 0 Å². The first-order valence-electron chi connectivity index (χ1n) is 13.4. The molecule has 1 atom stereocenters. The summed E-state index contributed by atoms with van der Waals surface area (Å²) in [7, 11) is 0. The molecule has 32 heavy (non-hydrogen) atoms. The maximum atomic E-state index is 9.03. The first-order valence-corrected chi connectivity index (χ1v) is 13.4.